The molecule has 1 nitrogen and oxygen atoms in total. The topological polar surface area (TPSA) is 12.0 Å². The Balaban J connectivity index is 1.35. The molecule has 0 heterocycles. The third kappa shape index (κ3) is 5.03. The molecule has 0 unspecified atom stereocenters. The summed E-state index contributed by atoms with van der Waals surface area (Å²) in [6, 6.07) is 57.5. The van der Waals surface area contributed by atoms with Crippen molar-refractivity contribution in [1.29, 1.82) is 0 Å². The molecule has 0 aliphatic rings. The second kappa shape index (κ2) is 11.1. The summed E-state index contributed by atoms with van der Waals surface area (Å²) >= 11 is 0. The lowest BCUT2D eigenvalue weighted by Crippen LogP contribution is -1.94. The average Bonchev–Trinajstić information content (AvgIpc) is 3.10. The van der Waals surface area contributed by atoms with Gasteiger partial charge in [-0.15, -0.1) is 0 Å². The smallest absolute Gasteiger partial charge is 0.0414 e. The Kier molecular flexibility index (Phi) is 6.65. The van der Waals surface area contributed by atoms with E-state index >= 15 is 0 Å². The van der Waals surface area contributed by atoms with Crippen LogP contribution in [0, 0.1) is 13.8 Å². The fourth-order valence-electron chi connectivity index (χ4n) is 6.71. The second-order valence-corrected chi connectivity index (χ2v) is 12.0. The fraction of sp³-hybridized carbons (Fsp3) is 0.0455. The van der Waals surface area contributed by atoms with E-state index in [0.29, 0.717) is 0 Å². The van der Waals surface area contributed by atoms with Crippen molar-refractivity contribution >= 4 is 43.7 Å². The highest BCUT2D eigenvalue weighted by Crippen LogP contribution is 2.40. The monoisotopic (exact) mass is 575 g/mol. The summed E-state index contributed by atoms with van der Waals surface area (Å²) in [5.41, 5.74) is 12.0. The Morgan fingerprint density at radius 2 is 0.844 bits per heavy atom. The molecule has 8 aromatic rings. The van der Waals surface area contributed by atoms with Crippen molar-refractivity contribution in [3.05, 3.63) is 169 Å². The third-order valence-electron chi connectivity index (χ3n) is 8.98. The van der Waals surface area contributed by atoms with Crippen LogP contribution in [0.4, 0.5) is 11.4 Å². The van der Waals surface area contributed by atoms with Crippen molar-refractivity contribution in [2.24, 2.45) is 0 Å². The van der Waals surface area contributed by atoms with Crippen LogP contribution in [-0.4, -0.2) is 0 Å². The van der Waals surface area contributed by atoms with Crippen molar-refractivity contribution in [2.75, 3.05) is 5.32 Å². The number of hydrogen-bond acceptors (Lipinski definition) is 1. The van der Waals surface area contributed by atoms with Gasteiger partial charge in [-0.05, 0) is 128 Å². The summed E-state index contributed by atoms with van der Waals surface area (Å²) in [4.78, 5) is 0. The van der Waals surface area contributed by atoms with Gasteiger partial charge in [0.15, 0.2) is 0 Å². The Hall–Kier alpha value is -5.66. The van der Waals surface area contributed by atoms with Gasteiger partial charge in [0.1, 0.15) is 0 Å². The Morgan fingerprint density at radius 3 is 1.44 bits per heavy atom. The number of hydrogen-bond donors (Lipinski definition) is 1. The van der Waals surface area contributed by atoms with Crippen LogP contribution >= 0.6 is 0 Å². The zero-order valence-electron chi connectivity index (χ0n) is 25.5. The largest absolute Gasteiger partial charge is 0.355 e. The third-order valence-corrected chi connectivity index (χ3v) is 8.98. The van der Waals surface area contributed by atoms with Gasteiger partial charge in [-0.3, -0.25) is 0 Å². The van der Waals surface area contributed by atoms with Crippen molar-refractivity contribution in [3.63, 3.8) is 0 Å². The number of anilines is 2. The van der Waals surface area contributed by atoms with E-state index in [-0.39, 0.29) is 0 Å². The lowest BCUT2D eigenvalue weighted by atomic mass is 9.90. The molecule has 0 aromatic heterocycles. The van der Waals surface area contributed by atoms with E-state index in [1.54, 1.807) is 0 Å². The first-order chi connectivity index (χ1) is 22.1. The lowest BCUT2D eigenvalue weighted by Gasteiger charge is -2.16. The number of rotatable bonds is 5. The van der Waals surface area contributed by atoms with Crippen LogP contribution in [0.25, 0.3) is 65.7 Å². The van der Waals surface area contributed by atoms with E-state index in [2.05, 4.69) is 177 Å². The maximum absolute atomic E-state index is 3.70. The van der Waals surface area contributed by atoms with Gasteiger partial charge in [0.05, 0.1) is 0 Å². The van der Waals surface area contributed by atoms with Crippen LogP contribution in [0.1, 0.15) is 11.1 Å². The standard InChI is InChI=1S/C44H33N/c1-29-17-22-44(30(2)23-29)45-37-19-21-41-39-16-10-9-15-38(39)40-20-18-33(27-42(40)43(41)28-37)36-25-34(31-11-5-3-6-12-31)24-35(26-36)32-13-7-4-8-14-32/h3-28,45H,1-2H3. The summed E-state index contributed by atoms with van der Waals surface area (Å²) in [5.74, 6) is 0. The predicted octanol–water partition coefficient (Wildman–Crippen LogP) is 12.5. The number of benzene rings is 8. The van der Waals surface area contributed by atoms with Crippen LogP contribution in [0.15, 0.2) is 158 Å². The van der Waals surface area contributed by atoms with Crippen LogP contribution < -0.4 is 5.32 Å². The van der Waals surface area contributed by atoms with E-state index in [4.69, 9.17) is 0 Å². The maximum atomic E-state index is 3.70. The first-order valence-corrected chi connectivity index (χ1v) is 15.6. The van der Waals surface area contributed by atoms with E-state index in [0.717, 1.165) is 11.4 Å². The first kappa shape index (κ1) is 26.9. The summed E-state index contributed by atoms with van der Waals surface area (Å²) in [6.45, 7) is 4.30. The van der Waals surface area contributed by atoms with E-state index in [9.17, 15) is 0 Å². The van der Waals surface area contributed by atoms with E-state index < -0.39 is 0 Å². The Bertz CT molecular complexity index is 2290. The molecular weight excluding hydrogens is 542 g/mol. The predicted molar refractivity (Wildman–Crippen MR) is 194 cm³/mol. The van der Waals surface area contributed by atoms with Gasteiger partial charge in [-0.25, -0.2) is 0 Å². The minimum atomic E-state index is 1.09. The highest BCUT2D eigenvalue weighted by atomic mass is 14.9. The molecule has 0 bridgehead atoms. The summed E-state index contributed by atoms with van der Waals surface area (Å²) in [5, 5.41) is 11.3. The summed E-state index contributed by atoms with van der Waals surface area (Å²) in [6.07, 6.45) is 0. The molecule has 0 fully saturated rings. The molecule has 0 aliphatic carbocycles. The first-order valence-electron chi connectivity index (χ1n) is 15.6. The molecule has 0 aliphatic heterocycles. The molecule has 0 atom stereocenters. The Labute approximate surface area is 264 Å². The minimum absolute atomic E-state index is 1.09. The van der Waals surface area contributed by atoms with Crippen LogP contribution in [0.2, 0.25) is 0 Å². The molecule has 8 rings (SSSR count). The fourth-order valence-corrected chi connectivity index (χ4v) is 6.71. The minimum Gasteiger partial charge on any atom is -0.355 e. The molecule has 0 saturated heterocycles. The number of aryl methyl sites for hydroxylation is 2. The van der Waals surface area contributed by atoms with Crippen molar-refractivity contribution in [2.45, 2.75) is 13.8 Å². The summed E-state index contributed by atoms with van der Waals surface area (Å²) < 4.78 is 0. The zero-order valence-corrected chi connectivity index (χ0v) is 25.5. The van der Waals surface area contributed by atoms with Crippen LogP contribution in [-0.2, 0) is 0 Å². The molecule has 45 heavy (non-hydrogen) atoms. The normalized spacial score (nSPS) is 11.3. The molecular formula is C44H33N. The molecule has 214 valence electrons. The lowest BCUT2D eigenvalue weighted by molar-refractivity contribution is 1.37. The highest BCUT2D eigenvalue weighted by Gasteiger charge is 2.13. The average molecular weight is 576 g/mol. The van der Waals surface area contributed by atoms with Crippen LogP contribution in [0.5, 0.6) is 0 Å². The van der Waals surface area contributed by atoms with E-state index in [1.807, 2.05) is 0 Å². The zero-order chi connectivity index (χ0) is 30.3. The molecule has 1 N–H and O–H groups in total. The number of nitrogens with one attached hydrogen (secondary N) is 1. The molecule has 1 heteroatoms. The maximum Gasteiger partial charge on any atom is 0.0414 e. The van der Waals surface area contributed by atoms with Gasteiger partial charge in [-0.2, -0.15) is 0 Å². The van der Waals surface area contributed by atoms with Crippen molar-refractivity contribution in [1.82, 2.24) is 0 Å². The molecule has 0 spiro atoms. The number of fused-ring (bicyclic) bond motifs is 6. The second-order valence-electron chi connectivity index (χ2n) is 12.0. The van der Waals surface area contributed by atoms with Gasteiger partial charge in [0, 0.05) is 11.4 Å². The quantitative estimate of drug-likeness (QED) is 0.201. The van der Waals surface area contributed by atoms with Gasteiger partial charge in [-0.1, -0.05) is 121 Å². The van der Waals surface area contributed by atoms with Gasteiger partial charge < -0.3 is 5.32 Å². The van der Waals surface area contributed by atoms with Crippen molar-refractivity contribution < 1.29 is 0 Å². The Morgan fingerprint density at radius 1 is 0.333 bits per heavy atom. The van der Waals surface area contributed by atoms with Gasteiger partial charge >= 0.3 is 0 Å². The van der Waals surface area contributed by atoms with Gasteiger partial charge in [0.2, 0.25) is 0 Å². The molecule has 0 radical (unpaired) electrons. The van der Waals surface area contributed by atoms with Crippen LogP contribution in [0.3, 0.4) is 0 Å². The highest BCUT2D eigenvalue weighted by molar-refractivity contribution is 6.26. The molecule has 8 aromatic carbocycles. The molecule has 0 saturated carbocycles. The molecule has 0 amide bonds. The summed E-state index contributed by atoms with van der Waals surface area (Å²) in [7, 11) is 0. The van der Waals surface area contributed by atoms with E-state index in [1.165, 1.54) is 76.8 Å². The SMILES string of the molecule is Cc1ccc(Nc2ccc3c4ccccc4c4ccc(-c5cc(-c6ccccc6)cc(-c6ccccc6)c5)cc4c3c2)c(C)c1. The van der Waals surface area contributed by atoms with Crippen molar-refractivity contribution in [3.8, 4) is 33.4 Å². The van der Waals surface area contributed by atoms with Gasteiger partial charge in [0.25, 0.3) is 0 Å².